The molecule has 1 aliphatic heterocycles. The van der Waals surface area contributed by atoms with Crippen molar-refractivity contribution in [3.05, 3.63) is 0 Å². The van der Waals surface area contributed by atoms with Crippen LogP contribution in [-0.4, -0.2) is 47.6 Å². The summed E-state index contributed by atoms with van der Waals surface area (Å²) >= 11 is 0. The molecule has 1 aliphatic rings. The monoisotopic (exact) mass is 284 g/mol. The summed E-state index contributed by atoms with van der Waals surface area (Å²) in [6.45, 7) is 2.54. The molecule has 6 nitrogen and oxygen atoms in total. The van der Waals surface area contributed by atoms with Crippen LogP contribution in [0.5, 0.6) is 0 Å². The van der Waals surface area contributed by atoms with E-state index in [0.717, 1.165) is 0 Å². The summed E-state index contributed by atoms with van der Waals surface area (Å²) in [4.78, 5) is 22.3. The number of alkyl halides is 3. The normalized spacial score (nSPS) is 26.6. The van der Waals surface area contributed by atoms with Gasteiger partial charge in [0.05, 0.1) is 12.1 Å². The third-order valence-corrected chi connectivity index (χ3v) is 2.99. The number of ether oxygens (including phenoxy) is 1. The van der Waals surface area contributed by atoms with Gasteiger partial charge in [-0.1, -0.05) is 0 Å². The molecule has 0 aliphatic carbocycles. The van der Waals surface area contributed by atoms with Crippen LogP contribution in [0.4, 0.5) is 18.0 Å². The van der Waals surface area contributed by atoms with Crippen LogP contribution >= 0.6 is 0 Å². The second-order valence-corrected chi connectivity index (χ2v) is 4.87. The zero-order valence-corrected chi connectivity index (χ0v) is 10.4. The minimum absolute atomic E-state index is 0.163. The van der Waals surface area contributed by atoms with Gasteiger partial charge in [-0.2, -0.15) is 13.2 Å². The number of hydrogen-bond donors (Lipinski definition) is 3. The van der Waals surface area contributed by atoms with E-state index in [1.165, 1.54) is 5.32 Å². The number of carbonyl (C=O) groups is 2. The zero-order valence-electron chi connectivity index (χ0n) is 10.4. The quantitative estimate of drug-likeness (QED) is 0.717. The summed E-state index contributed by atoms with van der Waals surface area (Å²) in [5, 5.41) is 12.4. The number of hydrogen-bond acceptors (Lipinski definition) is 3. The van der Waals surface area contributed by atoms with E-state index in [9.17, 15) is 22.8 Å². The molecule has 2 unspecified atom stereocenters. The van der Waals surface area contributed by atoms with Gasteiger partial charge in [-0.25, -0.2) is 9.59 Å². The maximum absolute atomic E-state index is 12.7. The lowest BCUT2D eigenvalue weighted by Gasteiger charge is -2.31. The number of aliphatic carboxylic acids is 1. The van der Waals surface area contributed by atoms with Crippen LogP contribution in [0.15, 0.2) is 0 Å². The molecule has 0 saturated carbocycles. The lowest BCUT2D eigenvalue weighted by molar-refractivity contribution is -0.203. The molecule has 110 valence electrons. The second kappa shape index (κ2) is 4.87. The SMILES string of the molecule is CC1(NC(=O)NC(C)(C(=O)O)C(F)(F)F)CCOC1. The smallest absolute Gasteiger partial charge is 0.422 e. The number of nitrogens with one attached hydrogen (secondary N) is 2. The number of amides is 2. The fourth-order valence-corrected chi connectivity index (χ4v) is 1.54. The molecule has 19 heavy (non-hydrogen) atoms. The Hall–Kier alpha value is -1.51. The Kier molecular flexibility index (Phi) is 3.99. The molecule has 1 saturated heterocycles. The minimum Gasteiger partial charge on any atom is -0.479 e. The van der Waals surface area contributed by atoms with Gasteiger partial charge in [0, 0.05) is 6.61 Å². The average Bonchev–Trinajstić information content (AvgIpc) is 2.62. The van der Waals surface area contributed by atoms with Gasteiger partial charge in [0.25, 0.3) is 0 Å². The highest BCUT2D eigenvalue weighted by Crippen LogP contribution is 2.30. The summed E-state index contributed by atoms with van der Waals surface area (Å²) in [6, 6.07) is -1.20. The van der Waals surface area contributed by atoms with Gasteiger partial charge in [0.1, 0.15) is 0 Å². The summed E-state index contributed by atoms with van der Waals surface area (Å²) < 4.78 is 43.1. The third-order valence-electron chi connectivity index (χ3n) is 2.99. The number of urea groups is 1. The average molecular weight is 284 g/mol. The highest BCUT2D eigenvalue weighted by atomic mass is 19.4. The summed E-state index contributed by atoms with van der Waals surface area (Å²) in [5.41, 5.74) is -4.14. The molecular formula is C10H15F3N2O4. The van der Waals surface area contributed by atoms with Crippen LogP contribution < -0.4 is 10.6 Å². The first-order chi connectivity index (χ1) is 8.50. The van der Waals surface area contributed by atoms with Gasteiger partial charge < -0.3 is 20.5 Å². The van der Waals surface area contributed by atoms with Crippen molar-refractivity contribution in [1.82, 2.24) is 10.6 Å². The number of carbonyl (C=O) groups excluding carboxylic acids is 1. The Morgan fingerprint density at radius 2 is 1.95 bits per heavy atom. The number of halogens is 3. The van der Waals surface area contributed by atoms with Crippen LogP contribution in [-0.2, 0) is 9.53 Å². The summed E-state index contributed by atoms with van der Waals surface area (Å²) in [6.07, 6.45) is -4.67. The molecule has 3 N–H and O–H groups in total. The van der Waals surface area contributed by atoms with Crippen molar-refractivity contribution in [3.63, 3.8) is 0 Å². The van der Waals surface area contributed by atoms with Gasteiger partial charge in [-0.15, -0.1) is 0 Å². The fourth-order valence-electron chi connectivity index (χ4n) is 1.54. The Bertz CT molecular complexity index is 379. The van der Waals surface area contributed by atoms with E-state index in [2.05, 4.69) is 5.32 Å². The van der Waals surface area contributed by atoms with E-state index < -0.39 is 29.3 Å². The Morgan fingerprint density at radius 3 is 2.32 bits per heavy atom. The van der Waals surface area contributed by atoms with E-state index in [1.807, 2.05) is 0 Å². The Balaban J connectivity index is 2.76. The molecule has 0 aromatic heterocycles. The lowest BCUT2D eigenvalue weighted by Crippen LogP contribution is -2.65. The molecule has 0 aromatic rings. The topological polar surface area (TPSA) is 87.7 Å². The van der Waals surface area contributed by atoms with Crippen LogP contribution in [0.2, 0.25) is 0 Å². The van der Waals surface area contributed by atoms with Crippen molar-refractivity contribution >= 4 is 12.0 Å². The molecule has 0 bridgehead atoms. The van der Waals surface area contributed by atoms with Crippen LogP contribution in [0.1, 0.15) is 20.3 Å². The Morgan fingerprint density at radius 1 is 1.37 bits per heavy atom. The van der Waals surface area contributed by atoms with Crippen LogP contribution in [0, 0.1) is 0 Å². The zero-order chi connectivity index (χ0) is 14.9. The largest absolute Gasteiger partial charge is 0.479 e. The predicted octanol–water partition coefficient (Wildman–Crippen LogP) is 0.870. The van der Waals surface area contributed by atoms with Crippen molar-refractivity contribution in [2.45, 2.75) is 37.5 Å². The first-order valence-corrected chi connectivity index (χ1v) is 5.48. The molecule has 2 atom stereocenters. The van der Waals surface area contributed by atoms with Gasteiger partial charge in [-0.05, 0) is 20.3 Å². The maximum atomic E-state index is 12.7. The van der Waals surface area contributed by atoms with Crippen molar-refractivity contribution in [2.75, 3.05) is 13.2 Å². The van der Waals surface area contributed by atoms with E-state index in [4.69, 9.17) is 9.84 Å². The third kappa shape index (κ3) is 3.28. The van der Waals surface area contributed by atoms with Gasteiger partial charge in [0.15, 0.2) is 0 Å². The maximum Gasteiger partial charge on any atom is 0.422 e. The molecule has 2 amide bonds. The summed E-state index contributed by atoms with van der Waals surface area (Å²) in [5.74, 6) is -2.18. The van der Waals surface area contributed by atoms with Crippen molar-refractivity contribution < 1.29 is 32.6 Å². The first-order valence-electron chi connectivity index (χ1n) is 5.48. The molecule has 1 rings (SSSR count). The van der Waals surface area contributed by atoms with Gasteiger partial charge in [0.2, 0.25) is 5.54 Å². The van der Waals surface area contributed by atoms with E-state index >= 15 is 0 Å². The van der Waals surface area contributed by atoms with Crippen molar-refractivity contribution in [3.8, 4) is 0 Å². The number of rotatable bonds is 3. The molecule has 1 heterocycles. The first kappa shape index (κ1) is 15.5. The number of carboxylic acids is 1. The summed E-state index contributed by atoms with van der Waals surface area (Å²) in [7, 11) is 0. The lowest BCUT2D eigenvalue weighted by atomic mass is 10.0. The van der Waals surface area contributed by atoms with E-state index in [-0.39, 0.29) is 6.61 Å². The van der Waals surface area contributed by atoms with Crippen molar-refractivity contribution in [1.29, 1.82) is 0 Å². The fraction of sp³-hybridized carbons (Fsp3) is 0.800. The van der Waals surface area contributed by atoms with Gasteiger partial charge in [-0.3, -0.25) is 0 Å². The molecule has 0 radical (unpaired) electrons. The second-order valence-electron chi connectivity index (χ2n) is 4.87. The highest BCUT2D eigenvalue weighted by Gasteiger charge is 2.58. The Labute approximate surface area is 107 Å². The van der Waals surface area contributed by atoms with Crippen LogP contribution in [0.3, 0.4) is 0 Å². The van der Waals surface area contributed by atoms with Crippen molar-refractivity contribution in [2.24, 2.45) is 0 Å². The standard InChI is InChI=1S/C10H15F3N2O4/c1-8(3-4-19-5-8)14-7(18)15-9(2,6(16)17)10(11,12)13/h3-5H2,1-2H3,(H,16,17)(H2,14,15,18). The number of carboxylic acid groups (broad SMARTS) is 1. The van der Waals surface area contributed by atoms with E-state index in [1.54, 1.807) is 6.92 Å². The molecular weight excluding hydrogens is 269 g/mol. The van der Waals surface area contributed by atoms with Gasteiger partial charge >= 0.3 is 18.2 Å². The molecule has 9 heteroatoms. The minimum atomic E-state index is -5.11. The highest BCUT2D eigenvalue weighted by molar-refractivity contribution is 5.87. The molecule has 0 spiro atoms. The molecule has 1 fully saturated rings. The molecule has 0 aromatic carbocycles. The predicted molar refractivity (Wildman–Crippen MR) is 57.6 cm³/mol. The van der Waals surface area contributed by atoms with Crippen LogP contribution in [0.25, 0.3) is 0 Å². The van der Waals surface area contributed by atoms with E-state index in [0.29, 0.717) is 20.0 Å².